The van der Waals surface area contributed by atoms with Crippen LogP contribution in [0.5, 0.6) is 0 Å². The average Bonchev–Trinajstić information content (AvgIpc) is 3.24. The Morgan fingerprint density at radius 3 is 2.58 bits per heavy atom. The molecule has 4 rings (SSSR count). The zero-order valence-electron chi connectivity index (χ0n) is 17.6. The quantitative estimate of drug-likeness (QED) is 0.337. The third-order valence-corrected chi connectivity index (χ3v) is 4.90. The van der Waals surface area contributed by atoms with E-state index >= 15 is 0 Å². The first kappa shape index (κ1) is 21.8. The highest BCUT2D eigenvalue weighted by Crippen LogP contribution is 2.32. The van der Waals surface area contributed by atoms with Crippen molar-refractivity contribution in [2.45, 2.75) is 6.92 Å². The van der Waals surface area contributed by atoms with E-state index in [1.165, 1.54) is 36.4 Å². The molecule has 0 atom stereocenters. The van der Waals surface area contributed by atoms with Crippen LogP contribution in [0.15, 0.2) is 66.9 Å². The number of nitrogens with one attached hydrogen (secondary N) is 3. The number of H-pyrrole nitrogens is 1. The Morgan fingerprint density at radius 2 is 1.85 bits per heavy atom. The monoisotopic (exact) mass is 443 g/mol. The highest BCUT2D eigenvalue weighted by Gasteiger charge is 2.16. The van der Waals surface area contributed by atoms with E-state index in [4.69, 9.17) is 5.41 Å². The van der Waals surface area contributed by atoms with Crippen molar-refractivity contribution in [3.8, 4) is 22.5 Å². The molecule has 0 saturated heterocycles. The minimum atomic E-state index is -0.428. The van der Waals surface area contributed by atoms with Gasteiger partial charge in [-0.2, -0.15) is 0 Å². The van der Waals surface area contributed by atoms with Gasteiger partial charge in [0.1, 0.15) is 23.3 Å². The smallest absolute Gasteiger partial charge is 0.256 e. The van der Waals surface area contributed by atoms with Crippen LogP contribution in [0.25, 0.3) is 28.6 Å². The summed E-state index contributed by atoms with van der Waals surface area (Å²) < 4.78 is 26.9. The Balaban J connectivity index is 1.72. The summed E-state index contributed by atoms with van der Waals surface area (Å²) >= 11 is 0. The van der Waals surface area contributed by atoms with Gasteiger partial charge in [0.2, 0.25) is 0 Å². The van der Waals surface area contributed by atoms with Crippen LogP contribution in [-0.4, -0.2) is 27.1 Å². The second-order valence-corrected chi connectivity index (χ2v) is 7.23. The third kappa shape index (κ3) is 4.90. The van der Waals surface area contributed by atoms with E-state index < -0.39 is 11.7 Å². The number of carbonyl (C=O) groups excluding carboxylic acids is 1. The van der Waals surface area contributed by atoms with E-state index in [9.17, 15) is 13.6 Å². The van der Waals surface area contributed by atoms with Gasteiger partial charge in [-0.3, -0.25) is 4.79 Å². The molecular weight excluding hydrogens is 424 g/mol. The Hall–Kier alpha value is -4.46. The van der Waals surface area contributed by atoms with E-state index in [-0.39, 0.29) is 5.82 Å². The normalized spacial score (nSPS) is 11.0. The number of allylic oxidation sites excluding steroid dienone is 1. The van der Waals surface area contributed by atoms with E-state index in [1.54, 1.807) is 43.5 Å². The topological polar surface area (TPSA) is 94.5 Å². The van der Waals surface area contributed by atoms with E-state index in [0.29, 0.717) is 45.3 Å². The lowest BCUT2D eigenvalue weighted by Crippen LogP contribution is -2.12. The van der Waals surface area contributed by atoms with Crippen LogP contribution in [0.4, 0.5) is 14.6 Å². The zero-order chi connectivity index (χ0) is 23.4. The molecule has 4 aromatic rings. The summed E-state index contributed by atoms with van der Waals surface area (Å²) in [6.07, 6.45) is 5.86. The van der Waals surface area contributed by atoms with Crippen molar-refractivity contribution in [2.75, 3.05) is 5.32 Å². The van der Waals surface area contributed by atoms with Crippen molar-refractivity contribution >= 4 is 24.0 Å². The first-order valence-corrected chi connectivity index (χ1v) is 10.0. The molecule has 2 heterocycles. The van der Waals surface area contributed by atoms with Gasteiger partial charge >= 0.3 is 0 Å². The SMILES string of the molecule is Cc1cc(-c2nc(/C=C\C=N)[nH]c2-c2ccnc(NC(=O)c3ccc(F)cc3)c2)ccc1F. The molecule has 2 aromatic carbocycles. The number of hydrogen-bond donors (Lipinski definition) is 3. The molecule has 0 unspecified atom stereocenters. The van der Waals surface area contributed by atoms with Crippen LogP contribution < -0.4 is 5.32 Å². The number of carbonyl (C=O) groups is 1. The van der Waals surface area contributed by atoms with Gasteiger partial charge in [0.25, 0.3) is 5.91 Å². The third-order valence-electron chi connectivity index (χ3n) is 4.90. The van der Waals surface area contributed by atoms with E-state index in [2.05, 4.69) is 20.3 Å². The second-order valence-electron chi connectivity index (χ2n) is 7.23. The fourth-order valence-electron chi connectivity index (χ4n) is 3.26. The number of nitrogens with zero attached hydrogens (tertiary/aromatic N) is 2. The molecule has 2 aromatic heterocycles. The number of aryl methyl sites for hydroxylation is 1. The molecule has 6 nitrogen and oxygen atoms in total. The lowest BCUT2D eigenvalue weighted by Gasteiger charge is -2.08. The number of anilines is 1. The van der Waals surface area contributed by atoms with Gasteiger partial charge in [-0.15, -0.1) is 0 Å². The Kier molecular flexibility index (Phi) is 6.17. The number of aromatic amines is 1. The van der Waals surface area contributed by atoms with Crippen LogP contribution >= 0.6 is 0 Å². The summed E-state index contributed by atoms with van der Waals surface area (Å²) in [6.45, 7) is 1.68. The molecule has 0 bridgehead atoms. The maximum Gasteiger partial charge on any atom is 0.256 e. The number of benzene rings is 2. The van der Waals surface area contributed by atoms with Crippen LogP contribution in [0.3, 0.4) is 0 Å². The molecule has 1 amide bonds. The molecule has 0 aliphatic rings. The molecule has 164 valence electrons. The average molecular weight is 443 g/mol. The molecule has 0 aliphatic carbocycles. The zero-order valence-corrected chi connectivity index (χ0v) is 17.6. The van der Waals surface area contributed by atoms with Gasteiger partial charge in [0, 0.05) is 29.1 Å². The molecule has 3 N–H and O–H groups in total. The number of halogens is 2. The predicted octanol–water partition coefficient (Wildman–Crippen LogP) is 5.64. The van der Waals surface area contributed by atoms with E-state index in [0.717, 1.165) is 6.21 Å². The standard InChI is InChI=1S/C25H19F2N5O/c1-15-13-17(6-9-20(15)27)23-24(31-21(30-23)3-2-11-28)18-10-12-29-22(14-18)32-25(33)16-4-7-19(26)8-5-16/h2-14,28H,1H3,(H,30,31)(H,29,32,33)/b3-2-,28-11?. The van der Waals surface area contributed by atoms with Crippen LogP contribution in [0.1, 0.15) is 21.7 Å². The van der Waals surface area contributed by atoms with Crippen molar-refractivity contribution < 1.29 is 13.6 Å². The lowest BCUT2D eigenvalue weighted by atomic mass is 10.0. The van der Waals surface area contributed by atoms with Crippen molar-refractivity contribution in [1.82, 2.24) is 15.0 Å². The highest BCUT2D eigenvalue weighted by atomic mass is 19.1. The Bertz CT molecular complexity index is 1360. The summed E-state index contributed by atoms with van der Waals surface area (Å²) in [6, 6.07) is 13.4. The molecule has 8 heteroatoms. The van der Waals surface area contributed by atoms with Crippen molar-refractivity contribution in [3.63, 3.8) is 0 Å². The van der Waals surface area contributed by atoms with Gasteiger partial charge < -0.3 is 15.7 Å². The van der Waals surface area contributed by atoms with E-state index in [1.807, 2.05) is 0 Å². The predicted molar refractivity (Wildman–Crippen MR) is 124 cm³/mol. The summed E-state index contributed by atoms with van der Waals surface area (Å²) in [5.74, 6) is -0.349. The maximum absolute atomic E-state index is 13.8. The van der Waals surface area contributed by atoms with Gasteiger partial charge in [0.15, 0.2) is 0 Å². The second kappa shape index (κ2) is 9.35. The van der Waals surface area contributed by atoms with Crippen molar-refractivity contribution in [1.29, 1.82) is 5.41 Å². The summed E-state index contributed by atoms with van der Waals surface area (Å²) in [7, 11) is 0. The summed E-state index contributed by atoms with van der Waals surface area (Å²) in [5, 5.41) is 9.91. The fourth-order valence-corrected chi connectivity index (χ4v) is 3.26. The Morgan fingerprint density at radius 1 is 1.06 bits per heavy atom. The molecule has 0 radical (unpaired) electrons. The lowest BCUT2D eigenvalue weighted by molar-refractivity contribution is 0.102. The first-order valence-electron chi connectivity index (χ1n) is 10.0. The molecule has 0 aliphatic heterocycles. The molecule has 33 heavy (non-hydrogen) atoms. The molecule has 0 fully saturated rings. The minimum absolute atomic E-state index is 0.298. The van der Waals surface area contributed by atoms with Crippen LogP contribution in [0.2, 0.25) is 0 Å². The van der Waals surface area contributed by atoms with Crippen molar-refractivity contribution in [3.05, 3.63) is 95.5 Å². The molecular formula is C25H19F2N5O. The fraction of sp³-hybridized carbons (Fsp3) is 0.0400. The van der Waals surface area contributed by atoms with Crippen LogP contribution in [-0.2, 0) is 0 Å². The summed E-state index contributed by atoms with van der Waals surface area (Å²) in [4.78, 5) is 24.5. The summed E-state index contributed by atoms with van der Waals surface area (Å²) in [5.41, 5.74) is 3.42. The maximum atomic E-state index is 13.8. The van der Waals surface area contributed by atoms with Gasteiger partial charge in [0.05, 0.1) is 11.4 Å². The number of hydrogen-bond acceptors (Lipinski definition) is 4. The molecule has 0 saturated carbocycles. The van der Waals surface area contributed by atoms with Crippen LogP contribution in [0, 0.1) is 24.0 Å². The molecule has 0 spiro atoms. The largest absolute Gasteiger partial charge is 0.338 e. The van der Waals surface area contributed by atoms with Gasteiger partial charge in [-0.25, -0.2) is 18.7 Å². The van der Waals surface area contributed by atoms with Crippen molar-refractivity contribution in [2.24, 2.45) is 0 Å². The van der Waals surface area contributed by atoms with Gasteiger partial charge in [-0.1, -0.05) is 0 Å². The first-order chi connectivity index (χ1) is 15.9. The minimum Gasteiger partial charge on any atom is -0.338 e. The highest BCUT2D eigenvalue weighted by molar-refractivity contribution is 6.04. The number of imidazole rings is 1. The number of amides is 1. The number of aromatic nitrogens is 3. The van der Waals surface area contributed by atoms with Gasteiger partial charge in [-0.05, 0) is 79.2 Å². The number of rotatable bonds is 6. The number of pyridine rings is 1. The Labute approximate surface area is 188 Å².